The number of benzene rings is 1. The van der Waals surface area contributed by atoms with Crippen molar-refractivity contribution >= 4 is 11.8 Å². The summed E-state index contributed by atoms with van der Waals surface area (Å²) in [6.45, 7) is 9.97. The lowest BCUT2D eigenvalue weighted by Gasteiger charge is -2.59. The van der Waals surface area contributed by atoms with E-state index in [0.717, 1.165) is 63.7 Å². The van der Waals surface area contributed by atoms with Gasteiger partial charge in [0.15, 0.2) is 0 Å². The molecule has 4 heteroatoms. The van der Waals surface area contributed by atoms with Gasteiger partial charge in [0, 0.05) is 18.3 Å². The van der Waals surface area contributed by atoms with Crippen LogP contribution in [-0.2, 0) is 19.7 Å². The number of ether oxygens (including phenoxy) is 2. The maximum Gasteiger partial charge on any atom is 0.313 e. The van der Waals surface area contributed by atoms with Crippen LogP contribution in [0.5, 0.6) is 5.75 Å². The maximum atomic E-state index is 14.1. The first kappa shape index (κ1) is 29.6. The zero-order chi connectivity index (χ0) is 28.3. The number of Topliss-reactive ketones (excluding diaryl/α,β-unsaturated/α-hetero) is 1. The number of esters is 1. The number of fused-ring (bicyclic) bond motifs is 4. The second-order valence-electron chi connectivity index (χ2n) is 14.4. The van der Waals surface area contributed by atoms with Gasteiger partial charge in [-0.1, -0.05) is 84.8 Å². The van der Waals surface area contributed by atoms with Crippen molar-refractivity contribution in [1.82, 2.24) is 0 Å². The SMILES string of the molecule is CCCCCCCCOc1ccc(C(C)(C)[C@@H]2CC[C@@H](C)C[C@H]2OC(=O)[C@@]23CCCC(=O)[C@@H]2[C@H]2CCC[C@H]23)cc1. The fraction of sp³-hybridized carbons (Fsp3) is 0.778. The predicted molar refractivity (Wildman–Crippen MR) is 160 cm³/mol. The van der Waals surface area contributed by atoms with Crippen LogP contribution in [0.1, 0.15) is 130 Å². The van der Waals surface area contributed by atoms with E-state index >= 15 is 0 Å². The fourth-order valence-electron chi connectivity index (χ4n) is 9.28. The third kappa shape index (κ3) is 5.62. The lowest BCUT2D eigenvalue weighted by molar-refractivity contribution is -0.207. The predicted octanol–water partition coefficient (Wildman–Crippen LogP) is 8.84. The average Bonchev–Trinajstić information content (AvgIpc) is 3.35. The Morgan fingerprint density at radius 2 is 1.73 bits per heavy atom. The van der Waals surface area contributed by atoms with Gasteiger partial charge in [0.1, 0.15) is 17.6 Å². The van der Waals surface area contributed by atoms with Gasteiger partial charge in [0.25, 0.3) is 0 Å². The molecule has 0 amide bonds. The largest absolute Gasteiger partial charge is 0.494 e. The molecule has 7 atom stereocenters. The monoisotopic (exact) mass is 550 g/mol. The highest BCUT2D eigenvalue weighted by Crippen LogP contribution is 2.68. The molecule has 0 saturated heterocycles. The normalized spacial score (nSPS) is 33.5. The minimum absolute atomic E-state index is 0.0351. The summed E-state index contributed by atoms with van der Waals surface area (Å²) in [6.07, 6.45) is 16.4. The summed E-state index contributed by atoms with van der Waals surface area (Å²) in [5.74, 6) is 2.77. The highest BCUT2D eigenvalue weighted by molar-refractivity contribution is 5.93. The fourth-order valence-corrected chi connectivity index (χ4v) is 9.28. The van der Waals surface area contributed by atoms with Crippen LogP contribution in [0.4, 0.5) is 0 Å². The lowest BCUT2D eigenvalue weighted by Crippen LogP contribution is -2.64. The summed E-state index contributed by atoms with van der Waals surface area (Å²) >= 11 is 0. The van der Waals surface area contributed by atoms with E-state index in [1.165, 1.54) is 44.1 Å². The average molecular weight is 551 g/mol. The first-order valence-electron chi connectivity index (χ1n) is 16.8. The Bertz CT molecular complexity index is 1010. The van der Waals surface area contributed by atoms with Crippen molar-refractivity contribution in [2.45, 2.75) is 136 Å². The molecular weight excluding hydrogens is 496 g/mol. The highest BCUT2D eigenvalue weighted by atomic mass is 16.5. The molecule has 0 N–H and O–H groups in total. The van der Waals surface area contributed by atoms with Crippen LogP contribution in [0.3, 0.4) is 0 Å². The van der Waals surface area contributed by atoms with Crippen LogP contribution in [-0.4, -0.2) is 24.5 Å². The Morgan fingerprint density at radius 3 is 2.50 bits per heavy atom. The summed E-state index contributed by atoms with van der Waals surface area (Å²) in [5, 5.41) is 0. The Balaban J connectivity index is 1.24. The molecule has 4 fully saturated rings. The first-order valence-corrected chi connectivity index (χ1v) is 16.8. The van der Waals surface area contributed by atoms with E-state index in [9.17, 15) is 9.59 Å². The van der Waals surface area contributed by atoms with E-state index in [0.29, 0.717) is 30.0 Å². The Morgan fingerprint density at radius 1 is 0.975 bits per heavy atom. The van der Waals surface area contributed by atoms with Crippen LogP contribution in [0.25, 0.3) is 0 Å². The zero-order valence-corrected chi connectivity index (χ0v) is 25.7. The van der Waals surface area contributed by atoms with Crippen molar-refractivity contribution < 1.29 is 19.1 Å². The molecule has 4 saturated carbocycles. The molecule has 5 rings (SSSR count). The minimum Gasteiger partial charge on any atom is -0.494 e. The number of rotatable bonds is 12. The summed E-state index contributed by atoms with van der Waals surface area (Å²) < 4.78 is 12.7. The van der Waals surface area contributed by atoms with Crippen LogP contribution in [0.2, 0.25) is 0 Å². The van der Waals surface area contributed by atoms with E-state index in [4.69, 9.17) is 9.47 Å². The number of hydrogen-bond donors (Lipinski definition) is 0. The molecular formula is C36H54O4. The molecule has 0 aliphatic heterocycles. The van der Waals surface area contributed by atoms with Crippen molar-refractivity contribution in [2.24, 2.45) is 35.0 Å². The summed E-state index contributed by atoms with van der Waals surface area (Å²) in [6, 6.07) is 8.67. The third-order valence-electron chi connectivity index (χ3n) is 11.6. The lowest BCUT2D eigenvalue weighted by atomic mass is 9.43. The maximum absolute atomic E-state index is 14.1. The van der Waals surface area contributed by atoms with Gasteiger partial charge < -0.3 is 9.47 Å². The topological polar surface area (TPSA) is 52.6 Å². The van der Waals surface area contributed by atoms with Crippen molar-refractivity contribution in [3.05, 3.63) is 29.8 Å². The molecule has 4 nitrogen and oxygen atoms in total. The van der Waals surface area contributed by atoms with E-state index in [1.807, 2.05) is 0 Å². The number of ketones is 1. The number of hydrogen-bond acceptors (Lipinski definition) is 4. The van der Waals surface area contributed by atoms with Crippen LogP contribution < -0.4 is 4.74 Å². The number of unbranched alkanes of at least 4 members (excludes halogenated alkanes) is 5. The second-order valence-corrected chi connectivity index (χ2v) is 14.4. The molecule has 1 aromatic rings. The smallest absolute Gasteiger partial charge is 0.313 e. The first-order chi connectivity index (χ1) is 19.3. The standard InChI is InChI=1S/C36H54O4/c1-5-6-7-8-9-10-23-39-27-19-17-26(18-20-27)35(3,4)30-21-16-25(2)24-32(30)40-34(38)36-22-12-15-31(37)33(36)28-13-11-14-29(28)36/h17-20,25,28-30,32-33H,5-16,21-24H2,1-4H3/t25-,28+,29-,30-,32-,33+,36-/m1/s1. The molecule has 4 aliphatic carbocycles. The summed E-state index contributed by atoms with van der Waals surface area (Å²) in [5.41, 5.74) is 0.627. The van der Waals surface area contributed by atoms with Gasteiger partial charge in [-0.25, -0.2) is 0 Å². The van der Waals surface area contributed by atoms with Gasteiger partial charge in [0.05, 0.1) is 12.0 Å². The van der Waals surface area contributed by atoms with Gasteiger partial charge in [-0.05, 0) is 85.8 Å². The van der Waals surface area contributed by atoms with Gasteiger partial charge in [-0.3, -0.25) is 9.59 Å². The molecule has 0 bridgehead atoms. The third-order valence-corrected chi connectivity index (χ3v) is 11.6. The van der Waals surface area contributed by atoms with E-state index in [1.54, 1.807) is 0 Å². The highest BCUT2D eigenvalue weighted by Gasteiger charge is 2.70. The van der Waals surface area contributed by atoms with Crippen LogP contribution >= 0.6 is 0 Å². The van der Waals surface area contributed by atoms with Crippen LogP contribution in [0.15, 0.2) is 24.3 Å². The van der Waals surface area contributed by atoms with Gasteiger partial charge in [-0.2, -0.15) is 0 Å². The van der Waals surface area contributed by atoms with Crippen molar-refractivity contribution in [1.29, 1.82) is 0 Å². The Hall–Kier alpha value is -1.84. The molecule has 0 aromatic heterocycles. The van der Waals surface area contributed by atoms with Gasteiger partial charge in [-0.15, -0.1) is 0 Å². The number of carbonyl (C=O) groups is 2. The summed E-state index contributed by atoms with van der Waals surface area (Å²) in [7, 11) is 0. The van der Waals surface area contributed by atoms with Crippen molar-refractivity contribution in [3.63, 3.8) is 0 Å². The zero-order valence-electron chi connectivity index (χ0n) is 25.7. The molecule has 1 aromatic carbocycles. The molecule has 0 spiro atoms. The second kappa shape index (κ2) is 12.6. The molecule has 222 valence electrons. The van der Waals surface area contributed by atoms with E-state index < -0.39 is 5.41 Å². The molecule has 40 heavy (non-hydrogen) atoms. The summed E-state index contributed by atoms with van der Waals surface area (Å²) in [4.78, 5) is 27.1. The van der Waals surface area contributed by atoms with E-state index in [-0.39, 0.29) is 29.3 Å². The molecule has 0 heterocycles. The van der Waals surface area contributed by atoms with Crippen molar-refractivity contribution in [3.8, 4) is 5.75 Å². The molecule has 4 aliphatic rings. The molecule has 0 radical (unpaired) electrons. The molecule has 0 unspecified atom stereocenters. The number of carbonyl (C=O) groups excluding carboxylic acids is 2. The minimum atomic E-state index is -0.527. The van der Waals surface area contributed by atoms with Gasteiger partial charge in [0.2, 0.25) is 0 Å². The Kier molecular flexibility index (Phi) is 9.32. The van der Waals surface area contributed by atoms with Crippen molar-refractivity contribution in [2.75, 3.05) is 6.61 Å². The van der Waals surface area contributed by atoms with E-state index in [2.05, 4.69) is 52.0 Å². The van der Waals surface area contributed by atoms with Crippen LogP contribution in [0, 0.1) is 35.0 Å². The van der Waals surface area contributed by atoms with Gasteiger partial charge >= 0.3 is 5.97 Å². The Labute approximate surface area is 243 Å². The quantitative estimate of drug-likeness (QED) is 0.193.